The molecule has 1 N–H and O–H groups in total. The summed E-state index contributed by atoms with van der Waals surface area (Å²) in [7, 11) is -3.87. The average Bonchev–Trinajstić information content (AvgIpc) is 2.75. The Labute approximate surface area is 109 Å². The lowest BCUT2D eigenvalue weighted by molar-refractivity contribution is 0.375. The topological polar surface area (TPSA) is 85.1 Å². The van der Waals surface area contributed by atoms with E-state index in [1.807, 2.05) is 0 Å². The number of hydrogen-bond acceptors (Lipinski definition) is 5. The number of benzene rings is 1. The van der Waals surface area contributed by atoms with Gasteiger partial charge in [-0.1, -0.05) is 17.3 Å². The molecule has 2 rings (SSSR count). The number of hydrogen-bond donors (Lipinski definition) is 1. The van der Waals surface area contributed by atoms with Gasteiger partial charge in [0.2, 0.25) is 15.9 Å². The Kier molecular flexibility index (Phi) is 3.91. The lowest BCUT2D eigenvalue weighted by Crippen LogP contribution is -2.26. The molecular formula is C11H12FN3O3S. The molecule has 0 fully saturated rings. The predicted octanol–water partition coefficient (Wildman–Crippen LogP) is 1.04. The van der Waals surface area contributed by atoms with E-state index in [-0.39, 0.29) is 17.9 Å². The van der Waals surface area contributed by atoms with Crippen LogP contribution >= 0.6 is 0 Å². The van der Waals surface area contributed by atoms with Crippen LogP contribution in [-0.4, -0.2) is 25.1 Å². The molecule has 0 aliphatic carbocycles. The molecule has 19 heavy (non-hydrogen) atoms. The summed E-state index contributed by atoms with van der Waals surface area (Å²) in [6, 6.07) is 5.18. The first-order chi connectivity index (χ1) is 8.99. The molecule has 0 amide bonds. The molecule has 1 heterocycles. The number of aromatic nitrogens is 2. The summed E-state index contributed by atoms with van der Waals surface area (Å²) in [5.41, 5.74) is 0. The van der Waals surface area contributed by atoms with E-state index in [4.69, 9.17) is 4.52 Å². The third-order valence-corrected chi connectivity index (χ3v) is 3.82. The Balaban J connectivity index is 2.01. The summed E-state index contributed by atoms with van der Waals surface area (Å²) in [4.78, 5) is 3.56. The molecule has 0 spiro atoms. The highest BCUT2D eigenvalue weighted by Crippen LogP contribution is 2.12. The molecule has 0 bridgehead atoms. The average molecular weight is 285 g/mol. The highest BCUT2D eigenvalue weighted by molar-refractivity contribution is 7.89. The summed E-state index contributed by atoms with van der Waals surface area (Å²) in [6.07, 6.45) is 0.245. The molecular weight excluding hydrogens is 273 g/mol. The van der Waals surface area contributed by atoms with E-state index < -0.39 is 15.8 Å². The summed E-state index contributed by atoms with van der Waals surface area (Å²) in [5, 5.41) is 3.58. The van der Waals surface area contributed by atoms with E-state index in [1.54, 1.807) is 6.92 Å². The van der Waals surface area contributed by atoms with Crippen molar-refractivity contribution in [1.29, 1.82) is 0 Å². The van der Waals surface area contributed by atoms with Crippen LogP contribution in [0.5, 0.6) is 0 Å². The molecule has 2 aromatic rings. The molecule has 8 heteroatoms. The maximum Gasteiger partial charge on any atom is 0.243 e. The standard InChI is InChI=1S/C11H12FN3O3S/c1-8-14-11(18-15-8)6-7-13-19(16,17)10-5-3-2-4-9(10)12/h2-5,13H,6-7H2,1H3. The number of sulfonamides is 1. The first kappa shape index (κ1) is 13.6. The number of aryl methyl sites for hydroxylation is 1. The normalized spacial score (nSPS) is 11.7. The van der Waals surface area contributed by atoms with Gasteiger partial charge >= 0.3 is 0 Å². The van der Waals surface area contributed by atoms with Gasteiger partial charge in [-0.2, -0.15) is 4.98 Å². The van der Waals surface area contributed by atoms with Crippen LogP contribution in [0, 0.1) is 12.7 Å². The number of nitrogens with zero attached hydrogens (tertiary/aromatic N) is 2. The van der Waals surface area contributed by atoms with Crippen LogP contribution in [0.25, 0.3) is 0 Å². The maximum absolute atomic E-state index is 13.4. The molecule has 0 atom stereocenters. The van der Waals surface area contributed by atoms with Crippen molar-refractivity contribution in [1.82, 2.24) is 14.9 Å². The van der Waals surface area contributed by atoms with Gasteiger partial charge in [-0.05, 0) is 19.1 Å². The van der Waals surface area contributed by atoms with Gasteiger partial charge in [-0.15, -0.1) is 0 Å². The molecule has 6 nitrogen and oxygen atoms in total. The maximum atomic E-state index is 13.4. The van der Waals surface area contributed by atoms with E-state index in [1.165, 1.54) is 18.2 Å². The number of rotatable bonds is 5. The van der Waals surface area contributed by atoms with Crippen molar-refractivity contribution < 1.29 is 17.3 Å². The quantitative estimate of drug-likeness (QED) is 0.887. The van der Waals surface area contributed by atoms with Gasteiger partial charge in [-0.3, -0.25) is 0 Å². The minimum absolute atomic E-state index is 0.0539. The van der Waals surface area contributed by atoms with Crippen molar-refractivity contribution in [3.63, 3.8) is 0 Å². The molecule has 0 aliphatic rings. The van der Waals surface area contributed by atoms with Crippen LogP contribution in [0.15, 0.2) is 33.7 Å². The van der Waals surface area contributed by atoms with Crippen LogP contribution in [-0.2, 0) is 16.4 Å². The van der Waals surface area contributed by atoms with E-state index in [9.17, 15) is 12.8 Å². The van der Waals surface area contributed by atoms with E-state index in [0.29, 0.717) is 11.7 Å². The second kappa shape index (κ2) is 5.45. The van der Waals surface area contributed by atoms with Crippen molar-refractivity contribution in [3.8, 4) is 0 Å². The van der Waals surface area contributed by atoms with Crippen molar-refractivity contribution in [2.75, 3.05) is 6.54 Å². The summed E-state index contributed by atoms with van der Waals surface area (Å²) >= 11 is 0. The van der Waals surface area contributed by atoms with Gasteiger partial charge in [0.15, 0.2) is 5.82 Å². The first-order valence-corrected chi connectivity index (χ1v) is 7.01. The van der Waals surface area contributed by atoms with Gasteiger partial charge in [0.1, 0.15) is 10.7 Å². The van der Waals surface area contributed by atoms with Crippen molar-refractivity contribution in [3.05, 3.63) is 41.8 Å². The monoisotopic (exact) mass is 285 g/mol. The minimum atomic E-state index is -3.87. The Hall–Kier alpha value is -1.80. The van der Waals surface area contributed by atoms with Crippen LogP contribution in [0.1, 0.15) is 11.7 Å². The Morgan fingerprint density at radius 3 is 2.74 bits per heavy atom. The Bertz CT molecular complexity index is 669. The largest absolute Gasteiger partial charge is 0.339 e. The van der Waals surface area contributed by atoms with Crippen molar-refractivity contribution >= 4 is 10.0 Å². The smallest absolute Gasteiger partial charge is 0.243 e. The Morgan fingerprint density at radius 2 is 2.11 bits per heavy atom. The van der Waals surface area contributed by atoms with Crippen molar-refractivity contribution in [2.24, 2.45) is 0 Å². The van der Waals surface area contributed by atoms with Crippen LogP contribution in [0.4, 0.5) is 4.39 Å². The summed E-state index contributed by atoms with van der Waals surface area (Å²) in [5.74, 6) is 0.0179. The van der Waals surface area contributed by atoms with Gasteiger partial charge in [0, 0.05) is 13.0 Å². The zero-order valence-corrected chi connectivity index (χ0v) is 10.9. The molecule has 102 valence electrons. The van der Waals surface area contributed by atoms with E-state index in [0.717, 1.165) is 6.07 Å². The minimum Gasteiger partial charge on any atom is -0.339 e. The molecule has 1 aromatic heterocycles. The van der Waals surface area contributed by atoms with Gasteiger partial charge < -0.3 is 4.52 Å². The fraction of sp³-hybridized carbons (Fsp3) is 0.273. The van der Waals surface area contributed by atoms with Crippen LogP contribution < -0.4 is 4.72 Å². The third kappa shape index (κ3) is 3.36. The lowest BCUT2D eigenvalue weighted by atomic mass is 10.4. The fourth-order valence-corrected chi connectivity index (χ4v) is 2.58. The summed E-state index contributed by atoms with van der Waals surface area (Å²) < 4.78 is 44.2. The van der Waals surface area contributed by atoms with Crippen molar-refractivity contribution in [2.45, 2.75) is 18.2 Å². The number of halogens is 1. The SMILES string of the molecule is Cc1noc(CCNS(=O)(=O)c2ccccc2F)n1. The van der Waals surface area contributed by atoms with Gasteiger partial charge in [-0.25, -0.2) is 17.5 Å². The summed E-state index contributed by atoms with van der Waals surface area (Å²) in [6.45, 7) is 1.72. The molecule has 1 aromatic carbocycles. The van der Waals surface area contributed by atoms with Crippen LogP contribution in [0.2, 0.25) is 0 Å². The third-order valence-electron chi connectivity index (χ3n) is 2.33. The predicted molar refractivity (Wildman–Crippen MR) is 64.3 cm³/mol. The molecule has 0 saturated heterocycles. The lowest BCUT2D eigenvalue weighted by Gasteiger charge is -2.06. The highest BCUT2D eigenvalue weighted by atomic mass is 32.2. The van der Waals surface area contributed by atoms with Gasteiger partial charge in [0.25, 0.3) is 0 Å². The molecule has 0 saturated carbocycles. The highest BCUT2D eigenvalue weighted by Gasteiger charge is 2.18. The second-order valence-corrected chi connectivity index (χ2v) is 5.55. The zero-order valence-electron chi connectivity index (χ0n) is 10.1. The number of nitrogens with one attached hydrogen (secondary N) is 1. The second-order valence-electron chi connectivity index (χ2n) is 3.81. The van der Waals surface area contributed by atoms with Gasteiger partial charge in [0.05, 0.1) is 0 Å². The molecule has 0 aliphatic heterocycles. The van der Waals surface area contributed by atoms with E-state index >= 15 is 0 Å². The van der Waals surface area contributed by atoms with E-state index in [2.05, 4.69) is 14.9 Å². The first-order valence-electron chi connectivity index (χ1n) is 5.52. The molecule has 0 radical (unpaired) electrons. The van der Waals surface area contributed by atoms with Crippen LogP contribution in [0.3, 0.4) is 0 Å². The Morgan fingerprint density at radius 1 is 1.37 bits per heavy atom. The zero-order chi connectivity index (χ0) is 13.9. The molecule has 0 unspecified atom stereocenters. The fourth-order valence-electron chi connectivity index (χ4n) is 1.47.